The van der Waals surface area contributed by atoms with Crippen LogP contribution >= 0.6 is 0 Å². The second-order valence-electron chi connectivity index (χ2n) is 7.62. The van der Waals surface area contributed by atoms with E-state index in [0.29, 0.717) is 30.8 Å². The van der Waals surface area contributed by atoms with Crippen molar-refractivity contribution in [1.29, 1.82) is 0 Å². The molecule has 1 aliphatic rings. The van der Waals surface area contributed by atoms with Gasteiger partial charge in [0.25, 0.3) is 0 Å². The molecule has 0 radical (unpaired) electrons. The van der Waals surface area contributed by atoms with E-state index in [4.69, 9.17) is 4.74 Å². The van der Waals surface area contributed by atoms with Gasteiger partial charge in [-0.25, -0.2) is 9.37 Å². The van der Waals surface area contributed by atoms with Gasteiger partial charge in [0.15, 0.2) is 17.5 Å². The molecule has 1 heterocycles. The highest BCUT2D eigenvalue weighted by Crippen LogP contribution is 2.30. The Kier molecular flexibility index (Phi) is 6.90. The average Bonchev–Trinajstić information content (AvgIpc) is 3.54. The van der Waals surface area contributed by atoms with Gasteiger partial charge in [0.05, 0.1) is 24.9 Å². The molecule has 3 rings (SSSR count). The minimum atomic E-state index is -0.329. The molecule has 0 saturated heterocycles. The Balaban J connectivity index is 1.55. The van der Waals surface area contributed by atoms with Gasteiger partial charge in [-0.1, -0.05) is 12.1 Å². The maximum atomic E-state index is 14.4. The number of aliphatic imine (C=N–C) groups is 1. The summed E-state index contributed by atoms with van der Waals surface area (Å²) in [5.74, 6) is 2.12. The summed E-state index contributed by atoms with van der Waals surface area (Å²) in [4.78, 5) is 10.8. The minimum absolute atomic E-state index is 0.116. The molecule has 1 aliphatic carbocycles. The monoisotopic (exact) mass is 399 g/mol. The summed E-state index contributed by atoms with van der Waals surface area (Å²) in [6, 6.07) is 10.9. The number of ether oxygens (including phenoxy) is 1. The van der Waals surface area contributed by atoms with Crippen LogP contribution in [0.1, 0.15) is 37.1 Å². The molecule has 1 aromatic heterocycles. The van der Waals surface area contributed by atoms with Gasteiger partial charge in [0.1, 0.15) is 5.82 Å². The smallest absolute Gasteiger partial charge is 0.191 e. The number of hydrogen-bond donors (Lipinski definition) is 2. The van der Waals surface area contributed by atoms with Crippen molar-refractivity contribution in [2.75, 3.05) is 32.6 Å². The third-order valence-corrected chi connectivity index (χ3v) is 4.89. The first-order valence-corrected chi connectivity index (χ1v) is 9.99. The lowest BCUT2D eigenvalue weighted by Crippen LogP contribution is -2.38. The van der Waals surface area contributed by atoms with Crippen molar-refractivity contribution < 1.29 is 9.13 Å². The number of guanidine groups is 1. The summed E-state index contributed by atoms with van der Waals surface area (Å²) in [6.07, 6.45) is 2.36. The van der Waals surface area contributed by atoms with Crippen molar-refractivity contribution in [2.45, 2.75) is 32.4 Å². The molecule has 2 N–H and O–H groups in total. The summed E-state index contributed by atoms with van der Waals surface area (Å²) in [7, 11) is 5.63. The molecule has 0 spiro atoms. The van der Waals surface area contributed by atoms with Crippen LogP contribution in [0.2, 0.25) is 0 Å². The Hall–Kier alpha value is -2.83. The highest BCUT2D eigenvalue weighted by atomic mass is 19.1. The lowest BCUT2D eigenvalue weighted by Gasteiger charge is -2.19. The molecule has 1 saturated carbocycles. The summed E-state index contributed by atoms with van der Waals surface area (Å²) >= 11 is 0. The molecule has 1 aromatic carbocycles. The fourth-order valence-corrected chi connectivity index (χ4v) is 2.87. The van der Waals surface area contributed by atoms with Crippen LogP contribution in [0.4, 0.5) is 10.2 Å². The number of pyridine rings is 1. The second kappa shape index (κ2) is 9.58. The van der Waals surface area contributed by atoms with E-state index in [2.05, 4.69) is 20.6 Å². The van der Waals surface area contributed by atoms with Crippen LogP contribution in [-0.2, 0) is 6.54 Å². The molecule has 7 heteroatoms. The SMILES string of the molecule is CN=C(NCc1cccc(N(C)C)n1)NC(C)c1ccc(OCC2CC2)c(F)c1. The van der Waals surface area contributed by atoms with Crippen LogP contribution in [0.3, 0.4) is 0 Å². The van der Waals surface area contributed by atoms with Crippen LogP contribution < -0.4 is 20.3 Å². The van der Waals surface area contributed by atoms with Gasteiger partial charge in [-0.3, -0.25) is 4.99 Å². The molecule has 156 valence electrons. The van der Waals surface area contributed by atoms with Crippen molar-refractivity contribution in [2.24, 2.45) is 10.9 Å². The van der Waals surface area contributed by atoms with Gasteiger partial charge in [-0.05, 0) is 55.5 Å². The van der Waals surface area contributed by atoms with Gasteiger partial charge < -0.3 is 20.3 Å². The molecular formula is C22H30FN5O. The molecular weight excluding hydrogens is 369 g/mol. The Labute approximate surface area is 172 Å². The summed E-state index contributed by atoms with van der Waals surface area (Å²) in [5.41, 5.74) is 1.74. The number of anilines is 1. The average molecular weight is 400 g/mol. The molecule has 1 fully saturated rings. The maximum Gasteiger partial charge on any atom is 0.191 e. The predicted octanol–water partition coefficient (Wildman–Crippen LogP) is 3.50. The van der Waals surface area contributed by atoms with Crippen molar-refractivity contribution in [1.82, 2.24) is 15.6 Å². The summed E-state index contributed by atoms with van der Waals surface area (Å²) in [6.45, 7) is 3.11. The number of hydrogen-bond acceptors (Lipinski definition) is 4. The Morgan fingerprint density at radius 3 is 2.76 bits per heavy atom. The number of aromatic nitrogens is 1. The highest BCUT2D eigenvalue weighted by molar-refractivity contribution is 5.80. The number of benzene rings is 1. The van der Waals surface area contributed by atoms with Crippen molar-refractivity contribution >= 4 is 11.8 Å². The molecule has 1 atom stereocenters. The zero-order valence-electron chi connectivity index (χ0n) is 17.6. The van der Waals surface area contributed by atoms with E-state index in [1.54, 1.807) is 13.1 Å². The van der Waals surface area contributed by atoms with E-state index in [1.165, 1.54) is 18.9 Å². The normalized spacial score (nSPS) is 15.0. The second-order valence-corrected chi connectivity index (χ2v) is 7.62. The zero-order chi connectivity index (χ0) is 20.8. The van der Waals surface area contributed by atoms with Gasteiger partial charge in [0.2, 0.25) is 0 Å². The largest absolute Gasteiger partial charge is 0.490 e. The van der Waals surface area contributed by atoms with Crippen LogP contribution in [0.15, 0.2) is 41.4 Å². The van der Waals surface area contributed by atoms with Gasteiger partial charge in [-0.15, -0.1) is 0 Å². The Bertz CT molecular complexity index is 851. The Morgan fingerprint density at radius 1 is 1.31 bits per heavy atom. The molecule has 0 bridgehead atoms. The van der Waals surface area contributed by atoms with Crippen LogP contribution in [-0.4, -0.2) is 38.7 Å². The van der Waals surface area contributed by atoms with Gasteiger partial charge in [-0.2, -0.15) is 0 Å². The third kappa shape index (κ3) is 6.07. The summed E-state index contributed by atoms with van der Waals surface area (Å²) < 4.78 is 19.9. The lowest BCUT2D eigenvalue weighted by molar-refractivity contribution is 0.285. The molecule has 6 nitrogen and oxygen atoms in total. The zero-order valence-corrected chi connectivity index (χ0v) is 17.6. The van der Waals surface area contributed by atoms with Gasteiger partial charge >= 0.3 is 0 Å². The number of nitrogens with one attached hydrogen (secondary N) is 2. The van der Waals surface area contributed by atoms with E-state index >= 15 is 0 Å². The van der Waals surface area contributed by atoms with Crippen LogP contribution in [0, 0.1) is 11.7 Å². The van der Waals surface area contributed by atoms with E-state index in [1.807, 2.05) is 50.2 Å². The molecule has 0 amide bonds. The fraction of sp³-hybridized carbons (Fsp3) is 0.455. The first kappa shape index (κ1) is 20.9. The predicted molar refractivity (Wildman–Crippen MR) is 115 cm³/mol. The van der Waals surface area contributed by atoms with Crippen molar-refractivity contribution in [3.8, 4) is 5.75 Å². The molecule has 2 aromatic rings. The van der Waals surface area contributed by atoms with E-state index in [-0.39, 0.29) is 11.9 Å². The lowest BCUT2D eigenvalue weighted by atomic mass is 10.1. The number of rotatable bonds is 8. The maximum absolute atomic E-state index is 14.4. The van der Waals surface area contributed by atoms with Crippen molar-refractivity contribution in [3.63, 3.8) is 0 Å². The highest BCUT2D eigenvalue weighted by Gasteiger charge is 2.22. The standard InChI is InChI=1S/C22H30FN5O/c1-15(17-10-11-20(19(23)12-17)29-14-16-8-9-16)26-22(24-2)25-13-18-6-5-7-21(27-18)28(3)4/h5-7,10-12,15-16H,8-9,13-14H2,1-4H3,(H2,24,25,26). The first-order valence-electron chi connectivity index (χ1n) is 9.99. The summed E-state index contributed by atoms with van der Waals surface area (Å²) in [5, 5.41) is 6.55. The molecule has 1 unspecified atom stereocenters. The molecule has 29 heavy (non-hydrogen) atoms. The Morgan fingerprint density at radius 2 is 2.10 bits per heavy atom. The topological polar surface area (TPSA) is 61.8 Å². The number of nitrogens with zero attached hydrogens (tertiary/aromatic N) is 3. The first-order chi connectivity index (χ1) is 14.0. The van der Waals surface area contributed by atoms with E-state index in [9.17, 15) is 4.39 Å². The van der Waals surface area contributed by atoms with E-state index in [0.717, 1.165) is 17.1 Å². The fourth-order valence-electron chi connectivity index (χ4n) is 2.87. The van der Waals surface area contributed by atoms with Gasteiger partial charge in [0, 0.05) is 21.1 Å². The quantitative estimate of drug-likeness (QED) is 0.526. The third-order valence-electron chi connectivity index (χ3n) is 4.89. The van der Waals surface area contributed by atoms with Crippen LogP contribution in [0.25, 0.3) is 0 Å². The van der Waals surface area contributed by atoms with Crippen molar-refractivity contribution in [3.05, 3.63) is 53.5 Å². The number of halogens is 1. The van der Waals surface area contributed by atoms with Crippen LogP contribution in [0.5, 0.6) is 5.75 Å². The molecule has 0 aliphatic heterocycles. The van der Waals surface area contributed by atoms with E-state index < -0.39 is 0 Å². The minimum Gasteiger partial charge on any atom is -0.490 e.